The number of nitrogens with zero attached hydrogens (tertiary/aromatic N) is 2. The Bertz CT molecular complexity index is 322. The zero-order chi connectivity index (χ0) is 10.4. The van der Waals surface area contributed by atoms with E-state index in [0.717, 1.165) is 0 Å². The van der Waals surface area contributed by atoms with Crippen molar-refractivity contribution in [3.8, 4) is 0 Å². The average molecular weight is 212 g/mol. The first-order chi connectivity index (χ1) is 7.22. The van der Waals surface area contributed by atoms with E-state index < -0.39 is 6.29 Å². The highest BCUT2D eigenvalue weighted by molar-refractivity contribution is 5.32. The molecule has 2 saturated heterocycles. The molecule has 2 aliphatic rings. The molecule has 0 amide bonds. The Balaban J connectivity index is 1.66. The summed E-state index contributed by atoms with van der Waals surface area (Å²) in [5.74, 6) is 0. The van der Waals surface area contributed by atoms with Crippen molar-refractivity contribution < 1.29 is 19.0 Å². The molecule has 1 aromatic rings. The van der Waals surface area contributed by atoms with Gasteiger partial charge in [-0.25, -0.2) is 0 Å². The van der Waals surface area contributed by atoms with Crippen LogP contribution in [0.3, 0.4) is 0 Å². The van der Waals surface area contributed by atoms with Gasteiger partial charge in [0.05, 0.1) is 19.2 Å². The third-order valence-electron chi connectivity index (χ3n) is 2.51. The Labute approximate surface area is 86.4 Å². The first-order valence-electron chi connectivity index (χ1n) is 4.92. The lowest BCUT2D eigenvalue weighted by Gasteiger charge is -2.34. The van der Waals surface area contributed by atoms with E-state index in [1.54, 1.807) is 0 Å². The lowest BCUT2D eigenvalue weighted by Crippen LogP contribution is -2.51. The van der Waals surface area contributed by atoms with E-state index in [4.69, 9.17) is 19.0 Å². The van der Waals surface area contributed by atoms with Crippen LogP contribution in [0.4, 0.5) is 6.01 Å². The van der Waals surface area contributed by atoms with E-state index in [1.165, 1.54) is 6.26 Å². The number of rotatable bonds is 2. The second kappa shape index (κ2) is 3.19. The van der Waals surface area contributed by atoms with Gasteiger partial charge < -0.3 is 23.9 Å². The van der Waals surface area contributed by atoms with E-state index >= 15 is 0 Å². The summed E-state index contributed by atoms with van der Waals surface area (Å²) in [7, 11) is 0. The third kappa shape index (κ3) is 1.50. The van der Waals surface area contributed by atoms with Crippen LogP contribution < -0.4 is 4.90 Å². The molecule has 3 heterocycles. The van der Waals surface area contributed by atoms with Crippen molar-refractivity contribution in [3.05, 3.63) is 12.0 Å². The van der Waals surface area contributed by atoms with Gasteiger partial charge in [-0.3, -0.25) is 0 Å². The molecule has 6 heteroatoms. The van der Waals surface area contributed by atoms with Crippen LogP contribution in [-0.2, 0) is 9.47 Å². The molecule has 2 fully saturated rings. The summed E-state index contributed by atoms with van der Waals surface area (Å²) in [5, 5.41) is 9.13. The number of anilines is 1. The SMILES string of the molecule is CC1OC(c2coc(N3CC(O)C3)n2)O1. The van der Waals surface area contributed by atoms with Gasteiger partial charge in [0, 0.05) is 0 Å². The summed E-state index contributed by atoms with van der Waals surface area (Å²) in [4.78, 5) is 6.08. The van der Waals surface area contributed by atoms with Crippen LogP contribution in [0.1, 0.15) is 18.9 Å². The van der Waals surface area contributed by atoms with Crippen LogP contribution in [-0.4, -0.2) is 35.6 Å². The van der Waals surface area contributed by atoms with E-state index in [-0.39, 0.29) is 12.4 Å². The van der Waals surface area contributed by atoms with Crippen LogP contribution in [0, 0.1) is 0 Å². The lowest BCUT2D eigenvalue weighted by molar-refractivity contribution is -0.383. The molecule has 2 aliphatic heterocycles. The topological polar surface area (TPSA) is 68.0 Å². The molecule has 0 unspecified atom stereocenters. The molecule has 3 rings (SSSR count). The second-order valence-corrected chi connectivity index (χ2v) is 3.79. The van der Waals surface area contributed by atoms with Crippen molar-refractivity contribution in [1.82, 2.24) is 4.98 Å². The quantitative estimate of drug-likeness (QED) is 0.757. The van der Waals surface area contributed by atoms with Crippen molar-refractivity contribution >= 4 is 6.01 Å². The fourth-order valence-corrected chi connectivity index (χ4v) is 1.64. The molecule has 6 nitrogen and oxygen atoms in total. The van der Waals surface area contributed by atoms with Crippen molar-refractivity contribution in [2.24, 2.45) is 0 Å². The van der Waals surface area contributed by atoms with Gasteiger partial charge in [0.1, 0.15) is 12.0 Å². The standard InChI is InChI=1S/C9H12N2O4/c1-5-14-8(15-5)7-4-13-9(10-7)11-2-6(12)3-11/h4-6,8,12H,2-3H2,1H3. The fourth-order valence-electron chi connectivity index (χ4n) is 1.64. The summed E-state index contributed by atoms with van der Waals surface area (Å²) >= 11 is 0. The second-order valence-electron chi connectivity index (χ2n) is 3.79. The minimum atomic E-state index is -0.399. The minimum absolute atomic E-state index is 0.166. The highest BCUT2D eigenvalue weighted by Crippen LogP contribution is 2.32. The van der Waals surface area contributed by atoms with E-state index in [1.807, 2.05) is 11.8 Å². The highest BCUT2D eigenvalue weighted by Gasteiger charge is 2.33. The van der Waals surface area contributed by atoms with Crippen LogP contribution >= 0.6 is 0 Å². The molecule has 0 spiro atoms. The third-order valence-corrected chi connectivity index (χ3v) is 2.51. The highest BCUT2D eigenvalue weighted by atomic mass is 16.9. The number of ether oxygens (including phenoxy) is 2. The maximum Gasteiger partial charge on any atom is 0.297 e. The van der Waals surface area contributed by atoms with Gasteiger partial charge in [-0.15, -0.1) is 0 Å². The van der Waals surface area contributed by atoms with Crippen molar-refractivity contribution in [2.45, 2.75) is 25.6 Å². The van der Waals surface area contributed by atoms with Crippen molar-refractivity contribution in [2.75, 3.05) is 18.0 Å². The number of aliphatic hydroxyl groups excluding tert-OH is 1. The normalized spacial score (nSPS) is 31.2. The number of hydrogen-bond donors (Lipinski definition) is 1. The summed E-state index contributed by atoms with van der Waals surface area (Å²) in [6, 6.07) is 0.516. The molecule has 1 N–H and O–H groups in total. The molecule has 0 radical (unpaired) electrons. The van der Waals surface area contributed by atoms with E-state index in [2.05, 4.69) is 4.98 Å². The smallest absolute Gasteiger partial charge is 0.297 e. The Hall–Kier alpha value is -1.11. The maximum atomic E-state index is 9.13. The van der Waals surface area contributed by atoms with Crippen molar-refractivity contribution in [1.29, 1.82) is 0 Å². The summed E-state index contributed by atoms with van der Waals surface area (Å²) in [6.07, 6.45) is 0.692. The van der Waals surface area contributed by atoms with Gasteiger partial charge in [-0.2, -0.15) is 4.98 Å². The maximum absolute atomic E-state index is 9.13. The molecular formula is C9H12N2O4. The molecular weight excluding hydrogens is 200 g/mol. The Kier molecular flexibility index (Phi) is 1.95. The molecule has 0 saturated carbocycles. The van der Waals surface area contributed by atoms with Gasteiger partial charge in [-0.1, -0.05) is 0 Å². The minimum Gasteiger partial charge on any atom is -0.432 e. The Morgan fingerprint density at radius 2 is 2.20 bits per heavy atom. The van der Waals surface area contributed by atoms with Crippen LogP contribution in [0.5, 0.6) is 0 Å². The van der Waals surface area contributed by atoms with Gasteiger partial charge >= 0.3 is 0 Å². The van der Waals surface area contributed by atoms with E-state index in [9.17, 15) is 0 Å². The summed E-state index contributed by atoms with van der Waals surface area (Å²) in [6.45, 7) is 2.97. The molecule has 0 atom stereocenters. The van der Waals surface area contributed by atoms with Crippen molar-refractivity contribution in [3.63, 3.8) is 0 Å². The van der Waals surface area contributed by atoms with Crippen LogP contribution in [0.25, 0.3) is 0 Å². The number of β-amino-alcohol motifs (C(OH)–C–C–N with tert-alkyl or cyclic N) is 1. The number of aliphatic hydroxyl groups is 1. The summed E-state index contributed by atoms with van der Waals surface area (Å²) < 4.78 is 15.8. The summed E-state index contributed by atoms with van der Waals surface area (Å²) in [5.41, 5.74) is 0.643. The molecule has 0 bridgehead atoms. The zero-order valence-electron chi connectivity index (χ0n) is 8.29. The predicted octanol–water partition coefficient (Wildman–Crippen LogP) is 0.247. The molecule has 0 aromatic carbocycles. The average Bonchev–Trinajstić information content (AvgIpc) is 2.56. The van der Waals surface area contributed by atoms with Crippen LogP contribution in [0.15, 0.2) is 10.7 Å². The van der Waals surface area contributed by atoms with Gasteiger partial charge in [0.25, 0.3) is 6.01 Å². The first-order valence-corrected chi connectivity index (χ1v) is 4.92. The van der Waals surface area contributed by atoms with E-state index in [0.29, 0.717) is 24.8 Å². The number of aromatic nitrogens is 1. The Morgan fingerprint density at radius 1 is 1.47 bits per heavy atom. The molecule has 82 valence electrons. The molecule has 1 aromatic heterocycles. The van der Waals surface area contributed by atoms with Gasteiger partial charge in [0.15, 0.2) is 6.29 Å². The lowest BCUT2D eigenvalue weighted by atomic mass is 10.2. The molecule has 15 heavy (non-hydrogen) atoms. The number of oxazole rings is 1. The van der Waals surface area contributed by atoms with Gasteiger partial charge in [0.2, 0.25) is 6.29 Å². The van der Waals surface area contributed by atoms with Crippen LogP contribution in [0.2, 0.25) is 0 Å². The molecule has 0 aliphatic carbocycles. The monoisotopic (exact) mass is 212 g/mol. The predicted molar refractivity (Wildman–Crippen MR) is 49.1 cm³/mol. The number of hydrogen-bond acceptors (Lipinski definition) is 6. The van der Waals surface area contributed by atoms with Gasteiger partial charge in [-0.05, 0) is 6.92 Å². The fraction of sp³-hybridized carbons (Fsp3) is 0.667. The Morgan fingerprint density at radius 3 is 2.80 bits per heavy atom. The largest absolute Gasteiger partial charge is 0.432 e. The first kappa shape index (κ1) is 9.14. The zero-order valence-corrected chi connectivity index (χ0v) is 8.29.